The third-order valence-electron chi connectivity index (χ3n) is 3.08. The Balaban J connectivity index is 1.80. The van der Waals surface area contributed by atoms with Gasteiger partial charge in [0.2, 0.25) is 0 Å². The normalized spacial score (nSPS) is 12.2. The Kier molecular flexibility index (Phi) is 4.16. The zero-order valence-corrected chi connectivity index (χ0v) is 11.8. The van der Waals surface area contributed by atoms with Gasteiger partial charge < -0.3 is 5.32 Å². The Morgan fingerprint density at radius 3 is 2.50 bits per heavy atom. The molecule has 0 spiro atoms. The molecule has 0 saturated heterocycles. The largest absolute Gasteiger partial charge is 0.301 e. The van der Waals surface area contributed by atoms with Gasteiger partial charge in [-0.2, -0.15) is 0 Å². The molecule has 0 aliphatic rings. The number of aromatic nitrogens is 2. The van der Waals surface area contributed by atoms with Crippen LogP contribution in [0.25, 0.3) is 0 Å². The Morgan fingerprint density at radius 2 is 1.80 bits per heavy atom. The number of thiophene rings is 1. The van der Waals surface area contributed by atoms with Crippen LogP contribution in [0.1, 0.15) is 22.0 Å². The van der Waals surface area contributed by atoms with Crippen molar-refractivity contribution in [1.82, 2.24) is 15.3 Å². The number of hydrogen-bond donors (Lipinski definition) is 1. The summed E-state index contributed by atoms with van der Waals surface area (Å²) in [5, 5.41) is 5.69. The fraction of sp³-hybridized carbons (Fsp3) is 0.125. The topological polar surface area (TPSA) is 37.8 Å². The smallest absolute Gasteiger partial charge is 0.115 e. The van der Waals surface area contributed by atoms with Crippen LogP contribution in [0, 0.1) is 0 Å². The van der Waals surface area contributed by atoms with Crippen LogP contribution >= 0.6 is 11.3 Å². The Labute approximate surface area is 122 Å². The molecule has 0 aliphatic heterocycles. The predicted molar refractivity (Wildman–Crippen MR) is 81.5 cm³/mol. The van der Waals surface area contributed by atoms with Crippen LogP contribution < -0.4 is 5.32 Å². The molecule has 1 unspecified atom stereocenters. The molecule has 2 aromatic heterocycles. The second kappa shape index (κ2) is 6.41. The minimum atomic E-state index is 0.205. The standard InChI is InChI=1S/C16H15N3S/c1-2-5-14(6-3-1)16(15-7-4-8-20-15)19-11-13-9-17-12-18-10-13/h1-10,12,16,19H,11H2. The Bertz CT molecular complexity index is 623. The molecule has 1 aromatic carbocycles. The zero-order valence-electron chi connectivity index (χ0n) is 10.9. The molecule has 1 N–H and O–H groups in total. The van der Waals surface area contributed by atoms with Crippen molar-refractivity contribution < 1.29 is 0 Å². The first-order valence-corrected chi connectivity index (χ1v) is 7.37. The first-order valence-electron chi connectivity index (χ1n) is 6.49. The zero-order chi connectivity index (χ0) is 13.6. The third kappa shape index (κ3) is 3.10. The van der Waals surface area contributed by atoms with Gasteiger partial charge in [0.1, 0.15) is 6.33 Å². The van der Waals surface area contributed by atoms with E-state index in [-0.39, 0.29) is 6.04 Å². The molecule has 2 heterocycles. The summed E-state index contributed by atoms with van der Waals surface area (Å²) in [6, 6.07) is 14.9. The summed E-state index contributed by atoms with van der Waals surface area (Å²) < 4.78 is 0. The highest BCUT2D eigenvalue weighted by molar-refractivity contribution is 7.10. The van der Waals surface area contributed by atoms with E-state index in [2.05, 4.69) is 57.1 Å². The molecule has 0 saturated carbocycles. The maximum atomic E-state index is 4.05. The van der Waals surface area contributed by atoms with Crippen LogP contribution in [0.2, 0.25) is 0 Å². The average molecular weight is 281 g/mol. The van der Waals surface area contributed by atoms with E-state index in [0.717, 1.165) is 12.1 Å². The molecule has 3 nitrogen and oxygen atoms in total. The van der Waals surface area contributed by atoms with Gasteiger partial charge in [-0.1, -0.05) is 36.4 Å². The van der Waals surface area contributed by atoms with Gasteiger partial charge in [-0.05, 0) is 17.0 Å². The Hall–Kier alpha value is -2.04. The van der Waals surface area contributed by atoms with Gasteiger partial charge in [0.25, 0.3) is 0 Å². The van der Waals surface area contributed by atoms with E-state index in [1.807, 2.05) is 18.5 Å². The van der Waals surface area contributed by atoms with Crippen LogP contribution in [0.4, 0.5) is 0 Å². The molecule has 0 fully saturated rings. The van der Waals surface area contributed by atoms with Gasteiger partial charge in [0, 0.05) is 29.4 Å². The van der Waals surface area contributed by atoms with Gasteiger partial charge in [-0.3, -0.25) is 0 Å². The molecular weight excluding hydrogens is 266 g/mol. The molecule has 3 rings (SSSR count). The third-order valence-corrected chi connectivity index (χ3v) is 4.02. The highest BCUT2D eigenvalue weighted by Crippen LogP contribution is 2.26. The fourth-order valence-corrected chi connectivity index (χ4v) is 2.95. The summed E-state index contributed by atoms with van der Waals surface area (Å²) in [6.07, 6.45) is 5.24. The first-order chi connectivity index (χ1) is 9.93. The quantitative estimate of drug-likeness (QED) is 0.778. The lowest BCUT2D eigenvalue weighted by Crippen LogP contribution is -2.21. The van der Waals surface area contributed by atoms with E-state index in [1.54, 1.807) is 17.7 Å². The average Bonchev–Trinajstić information content (AvgIpc) is 3.04. The van der Waals surface area contributed by atoms with Gasteiger partial charge in [0.05, 0.1) is 6.04 Å². The predicted octanol–water partition coefficient (Wildman–Crippen LogP) is 3.42. The van der Waals surface area contributed by atoms with E-state index >= 15 is 0 Å². The van der Waals surface area contributed by atoms with E-state index < -0.39 is 0 Å². The molecule has 1 atom stereocenters. The second-order valence-electron chi connectivity index (χ2n) is 4.49. The minimum Gasteiger partial charge on any atom is -0.301 e. The Morgan fingerprint density at radius 1 is 1.00 bits per heavy atom. The van der Waals surface area contributed by atoms with Crippen LogP contribution in [0.5, 0.6) is 0 Å². The van der Waals surface area contributed by atoms with E-state index in [0.29, 0.717) is 0 Å². The molecule has 20 heavy (non-hydrogen) atoms. The summed E-state index contributed by atoms with van der Waals surface area (Å²) >= 11 is 1.77. The lowest BCUT2D eigenvalue weighted by molar-refractivity contribution is 0.610. The van der Waals surface area contributed by atoms with Gasteiger partial charge in [-0.25, -0.2) is 9.97 Å². The summed E-state index contributed by atoms with van der Waals surface area (Å²) in [4.78, 5) is 9.41. The van der Waals surface area contributed by atoms with E-state index in [4.69, 9.17) is 0 Å². The van der Waals surface area contributed by atoms with Gasteiger partial charge in [0.15, 0.2) is 0 Å². The van der Waals surface area contributed by atoms with Crippen molar-refractivity contribution in [2.24, 2.45) is 0 Å². The lowest BCUT2D eigenvalue weighted by Gasteiger charge is -2.18. The van der Waals surface area contributed by atoms with Gasteiger partial charge in [-0.15, -0.1) is 11.3 Å². The van der Waals surface area contributed by atoms with Crippen molar-refractivity contribution in [2.45, 2.75) is 12.6 Å². The van der Waals surface area contributed by atoms with Crippen molar-refractivity contribution in [1.29, 1.82) is 0 Å². The minimum absolute atomic E-state index is 0.205. The number of rotatable bonds is 5. The molecule has 0 aliphatic carbocycles. The van der Waals surface area contributed by atoms with E-state index in [9.17, 15) is 0 Å². The fourth-order valence-electron chi connectivity index (χ4n) is 2.12. The van der Waals surface area contributed by atoms with Crippen LogP contribution in [-0.4, -0.2) is 9.97 Å². The van der Waals surface area contributed by atoms with Crippen molar-refractivity contribution in [3.05, 3.63) is 82.6 Å². The molecule has 4 heteroatoms. The molecule has 0 amide bonds. The second-order valence-corrected chi connectivity index (χ2v) is 5.47. The van der Waals surface area contributed by atoms with Gasteiger partial charge >= 0.3 is 0 Å². The SMILES string of the molecule is c1ccc(C(NCc2cncnc2)c2cccs2)cc1. The summed E-state index contributed by atoms with van der Waals surface area (Å²) in [5.74, 6) is 0. The van der Waals surface area contributed by atoms with Crippen LogP contribution in [0.3, 0.4) is 0 Å². The summed E-state index contributed by atoms with van der Waals surface area (Å²) in [6.45, 7) is 0.748. The maximum Gasteiger partial charge on any atom is 0.115 e. The van der Waals surface area contributed by atoms with Crippen molar-refractivity contribution in [3.8, 4) is 0 Å². The number of benzene rings is 1. The summed E-state index contributed by atoms with van der Waals surface area (Å²) in [5.41, 5.74) is 2.36. The van der Waals surface area contributed by atoms with Crippen molar-refractivity contribution >= 4 is 11.3 Å². The monoisotopic (exact) mass is 281 g/mol. The van der Waals surface area contributed by atoms with Crippen LogP contribution in [0.15, 0.2) is 66.6 Å². The summed E-state index contributed by atoms with van der Waals surface area (Å²) in [7, 11) is 0. The first kappa shape index (κ1) is 13.0. The van der Waals surface area contributed by atoms with Crippen molar-refractivity contribution in [3.63, 3.8) is 0 Å². The molecule has 3 aromatic rings. The highest BCUT2D eigenvalue weighted by Gasteiger charge is 2.14. The van der Waals surface area contributed by atoms with E-state index in [1.165, 1.54) is 10.4 Å². The lowest BCUT2D eigenvalue weighted by atomic mass is 10.1. The number of nitrogens with zero attached hydrogens (tertiary/aromatic N) is 2. The van der Waals surface area contributed by atoms with Crippen LogP contribution in [-0.2, 0) is 6.54 Å². The highest BCUT2D eigenvalue weighted by atomic mass is 32.1. The number of nitrogens with one attached hydrogen (secondary N) is 1. The molecular formula is C16H15N3S. The molecule has 0 radical (unpaired) electrons. The molecule has 100 valence electrons. The molecule has 0 bridgehead atoms. The van der Waals surface area contributed by atoms with Crippen molar-refractivity contribution in [2.75, 3.05) is 0 Å². The number of hydrogen-bond acceptors (Lipinski definition) is 4. The maximum absolute atomic E-state index is 4.05.